The van der Waals surface area contributed by atoms with Gasteiger partial charge >= 0.3 is 0 Å². The van der Waals surface area contributed by atoms with E-state index in [1.54, 1.807) is 6.07 Å². The lowest BCUT2D eigenvalue weighted by Gasteiger charge is -2.23. The zero-order valence-electron chi connectivity index (χ0n) is 7.96. The lowest BCUT2D eigenvalue weighted by atomic mass is 9.92. The van der Waals surface area contributed by atoms with Gasteiger partial charge in [0.25, 0.3) is 0 Å². The number of phenolic OH excluding ortho intramolecular Hbond substituents is 1. The van der Waals surface area contributed by atoms with Gasteiger partial charge in [0.05, 0.1) is 4.47 Å². The van der Waals surface area contributed by atoms with Crippen LogP contribution in [-0.2, 0) is 0 Å². The van der Waals surface area contributed by atoms with E-state index in [9.17, 15) is 5.11 Å². The Hall–Kier alpha value is -0.540. The maximum atomic E-state index is 9.38. The van der Waals surface area contributed by atoms with Gasteiger partial charge < -0.3 is 10.4 Å². The Morgan fingerprint density at radius 2 is 2.29 bits per heavy atom. The summed E-state index contributed by atoms with van der Waals surface area (Å²) >= 11 is 3.34. The summed E-state index contributed by atoms with van der Waals surface area (Å²) in [7, 11) is 0. The first-order valence-corrected chi connectivity index (χ1v) is 5.76. The molecule has 3 heteroatoms. The number of rotatable bonds is 1. The summed E-state index contributed by atoms with van der Waals surface area (Å²) < 4.78 is 0.792. The number of nitrogens with one attached hydrogen (secondary N) is 1. The molecular weight excluding hydrogens is 242 g/mol. The van der Waals surface area contributed by atoms with Gasteiger partial charge in [-0.2, -0.15) is 0 Å². The van der Waals surface area contributed by atoms with E-state index in [4.69, 9.17) is 0 Å². The molecule has 0 spiro atoms. The van der Waals surface area contributed by atoms with E-state index in [0.29, 0.717) is 11.7 Å². The van der Waals surface area contributed by atoms with E-state index in [-0.39, 0.29) is 0 Å². The summed E-state index contributed by atoms with van der Waals surface area (Å²) in [5.74, 6) is 0.915. The van der Waals surface area contributed by atoms with Crippen LogP contribution in [0.1, 0.15) is 24.3 Å². The van der Waals surface area contributed by atoms with Crippen molar-refractivity contribution < 1.29 is 5.11 Å². The number of hydrogen-bond donors (Lipinski definition) is 2. The number of phenols is 1. The van der Waals surface area contributed by atoms with Crippen LogP contribution in [0.25, 0.3) is 0 Å². The van der Waals surface area contributed by atoms with E-state index >= 15 is 0 Å². The summed E-state index contributed by atoms with van der Waals surface area (Å²) in [6.07, 6.45) is 2.48. The van der Waals surface area contributed by atoms with Gasteiger partial charge in [-0.15, -0.1) is 0 Å². The molecule has 0 saturated carbocycles. The van der Waals surface area contributed by atoms with Gasteiger partial charge in [-0.05, 0) is 58.9 Å². The fraction of sp³-hybridized carbons (Fsp3) is 0.455. The summed E-state index contributed by atoms with van der Waals surface area (Å²) in [4.78, 5) is 0. The third kappa shape index (κ3) is 2.10. The first-order chi connectivity index (χ1) is 6.77. The highest BCUT2D eigenvalue weighted by molar-refractivity contribution is 9.10. The lowest BCUT2D eigenvalue weighted by molar-refractivity contribution is 0.456. The van der Waals surface area contributed by atoms with Gasteiger partial charge in [0, 0.05) is 6.54 Å². The van der Waals surface area contributed by atoms with Crippen LogP contribution in [-0.4, -0.2) is 18.2 Å². The third-order valence-corrected chi connectivity index (χ3v) is 3.38. The highest BCUT2D eigenvalue weighted by Gasteiger charge is 2.15. The monoisotopic (exact) mass is 255 g/mol. The molecule has 0 unspecified atom stereocenters. The first-order valence-electron chi connectivity index (χ1n) is 4.96. The molecular formula is C11H14BrNO. The van der Waals surface area contributed by atoms with Crippen molar-refractivity contribution in [1.29, 1.82) is 0 Å². The summed E-state index contributed by atoms with van der Waals surface area (Å²) in [6, 6.07) is 5.79. The lowest BCUT2D eigenvalue weighted by Crippen LogP contribution is -2.28. The van der Waals surface area contributed by atoms with Gasteiger partial charge in [0.15, 0.2) is 0 Å². The molecule has 2 N–H and O–H groups in total. The van der Waals surface area contributed by atoms with E-state index in [0.717, 1.165) is 17.6 Å². The van der Waals surface area contributed by atoms with E-state index < -0.39 is 0 Å². The molecule has 1 saturated heterocycles. The average Bonchev–Trinajstić information content (AvgIpc) is 2.23. The zero-order valence-corrected chi connectivity index (χ0v) is 9.55. The molecule has 2 rings (SSSR count). The maximum absolute atomic E-state index is 9.38. The predicted octanol–water partition coefficient (Wildman–Crippen LogP) is 2.62. The number of piperidine rings is 1. The number of halogens is 1. The molecule has 1 heterocycles. The highest BCUT2D eigenvalue weighted by Crippen LogP contribution is 2.30. The molecule has 1 aliphatic heterocycles. The van der Waals surface area contributed by atoms with Crippen LogP contribution < -0.4 is 5.32 Å². The molecule has 14 heavy (non-hydrogen) atoms. The Morgan fingerprint density at radius 3 is 2.93 bits per heavy atom. The highest BCUT2D eigenvalue weighted by atomic mass is 79.9. The van der Waals surface area contributed by atoms with Gasteiger partial charge in [-0.3, -0.25) is 0 Å². The van der Waals surface area contributed by atoms with Crippen molar-refractivity contribution in [3.8, 4) is 5.75 Å². The summed E-state index contributed by atoms with van der Waals surface area (Å²) in [6.45, 7) is 2.19. The molecule has 1 aromatic carbocycles. The minimum atomic E-state index is 0.317. The summed E-state index contributed by atoms with van der Waals surface area (Å²) in [5, 5.41) is 12.8. The van der Waals surface area contributed by atoms with Gasteiger partial charge in [0.2, 0.25) is 0 Å². The van der Waals surface area contributed by atoms with Crippen LogP contribution >= 0.6 is 15.9 Å². The van der Waals surface area contributed by atoms with E-state index in [1.807, 2.05) is 12.1 Å². The molecule has 2 nitrogen and oxygen atoms in total. The van der Waals surface area contributed by atoms with Crippen LogP contribution in [0.4, 0.5) is 0 Å². The van der Waals surface area contributed by atoms with Crippen molar-refractivity contribution in [2.24, 2.45) is 0 Å². The van der Waals surface area contributed by atoms with Crippen LogP contribution in [0.15, 0.2) is 22.7 Å². The zero-order chi connectivity index (χ0) is 9.97. The van der Waals surface area contributed by atoms with Crippen molar-refractivity contribution >= 4 is 15.9 Å². The second kappa shape index (κ2) is 4.32. The fourth-order valence-electron chi connectivity index (χ4n) is 1.91. The largest absolute Gasteiger partial charge is 0.507 e. The molecule has 0 aromatic heterocycles. The van der Waals surface area contributed by atoms with E-state index in [1.165, 1.54) is 18.4 Å². The number of benzene rings is 1. The van der Waals surface area contributed by atoms with Crippen LogP contribution in [0.2, 0.25) is 0 Å². The second-order valence-electron chi connectivity index (χ2n) is 3.75. The Balaban J connectivity index is 2.18. The molecule has 0 amide bonds. The minimum Gasteiger partial charge on any atom is -0.507 e. The molecule has 1 fully saturated rings. The van der Waals surface area contributed by atoms with Crippen molar-refractivity contribution in [3.05, 3.63) is 28.2 Å². The molecule has 0 radical (unpaired) electrons. The molecule has 1 aliphatic rings. The Labute approximate surface area is 92.5 Å². The van der Waals surface area contributed by atoms with Crippen molar-refractivity contribution in [1.82, 2.24) is 5.32 Å². The van der Waals surface area contributed by atoms with Crippen LogP contribution in [0.3, 0.4) is 0 Å². The normalized spacial score (nSPS) is 22.2. The topological polar surface area (TPSA) is 32.3 Å². The van der Waals surface area contributed by atoms with Crippen molar-refractivity contribution in [2.75, 3.05) is 13.1 Å². The smallest absolute Gasteiger partial charge is 0.129 e. The fourth-order valence-corrected chi connectivity index (χ4v) is 2.31. The standard InChI is InChI=1S/C11H14BrNO/c12-10-6-8(3-4-11(10)14)9-2-1-5-13-7-9/h3-4,6,9,13-14H,1-2,5,7H2/t9-/m0/s1. The number of hydrogen-bond acceptors (Lipinski definition) is 2. The predicted molar refractivity (Wildman–Crippen MR) is 60.7 cm³/mol. The molecule has 1 aromatic rings. The quantitative estimate of drug-likeness (QED) is 0.809. The van der Waals surface area contributed by atoms with Gasteiger partial charge in [0.1, 0.15) is 5.75 Å². The maximum Gasteiger partial charge on any atom is 0.129 e. The van der Waals surface area contributed by atoms with Crippen molar-refractivity contribution in [3.63, 3.8) is 0 Å². The Morgan fingerprint density at radius 1 is 1.43 bits per heavy atom. The number of aromatic hydroxyl groups is 1. The van der Waals surface area contributed by atoms with Gasteiger partial charge in [-0.25, -0.2) is 0 Å². The molecule has 76 valence electrons. The van der Waals surface area contributed by atoms with Crippen LogP contribution in [0, 0.1) is 0 Å². The SMILES string of the molecule is Oc1ccc([C@H]2CCCNC2)cc1Br. The second-order valence-corrected chi connectivity index (χ2v) is 4.61. The van der Waals surface area contributed by atoms with Crippen molar-refractivity contribution in [2.45, 2.75) is 18.8 Å². The van der Waals surface area contributed by atoms with Crippen LogP contribution in [0.5, 0.6) is 5.75 Å². The molecule has 1 atom stereocenters. The Bertz CT molecular complexity index is 321. The van der Waals surface area contributed by atoms with E-state index in [2.05, 4.69) is 21.2 Å². The third-order valence-electron chi connectivity index (χ3n) is 2.74. The molecule has 0 aliphatic carbocycles. The summed E-state index contributed by atoms with van der Waals surface area (Å²) in [5.41, 5.74) is 1.31. The minimum absolute atomic E-state index is 0.317. The molecule has 0 bridgehead atoms. The average molecular weight is 256 g/mol. The van der Waals surface area contributed by atoms with Gasteiger partial charge in [-0.1, -0.05) is 6.07 Å². The first kappa shape index (κ1) is 9.99. The Kier molecular flexibility index (Phi) is 3.08.